The van der Waals surface area contributed by atoms with Crippen molar-refractivity contribution in [1.29, 1.82) is 0 Å². The zero-order chi connectivity index (χ0) is 8.41. The fraction of sp³-hybridized carbons (Fsp3) is 0.875. The van der Waals surface area contributed by atoms with Gasteiger partial charge in [0.15, 0.2) is 0 Å². The van der Waals surface area contributed by atoms with Crippen LogP contribution in [-0.4, -0.2) is 24.9 Å². The minimum Gasteiger partial charge on any atom is -0.349 e. The first kappa shape index (κ1) is 12.2. The average Bonchev–Trinajstić information content (AvgIpc) is 2.03. The van der Waals surface area contributed by atoms with Crippen LogP contribution < -0.4 is 0 Å². The largest absolute Gasteiger partial charge is 0.349 e. The molecule has 2 heteroatoms. The second kappa shape index (κ2) is 11.3. The van der Waals surface area contributed by atoms with Crippen LogP contribution in [-0.2, 0) is 4.79 Å². The zero-order valence-electron chi connectivity index (χ0n) is 7.55. The molecule has 0 spiro atoms. The molecule has 0 bridgehead atoms. The molecule has 2 nitrogen and oxygen atoms in total. The predicted molar refractivity (Wildman–Crippen MR) is 45.0 cm³/mol. The Balaban J connectivity index is 0. The molecule has 1 amide bonds. The van der Waals surface area contributed by atoms with Crippen molar-refractivity contribution in [3.63, 3.8) is 0 Å². The number of nitrogens with zero attached hydrogens (tertiary/aromatic N) is 1. The Bertz CT molecular complexity index is 62.3. The van der Waals surface area contributed by atoms with Crippen LogP contribution in [0.1, 0.15) is 33.6 Å². The molecule has 0 rings (SSSR count). The first-order chi connectivity index (χ1) is 4.72. The lowest BCUT2D eigenvalue weighted by Crippen LogP contribution is -2.13. The summed E-state index contributed by atoms with van der Waals surface area (Å²) in [6.07, 6.45) is 3.44. The van der Waals surface area contributed by atoms with Gasteiger partial charge in [0, 0.05) is 13.6 Å². The topological polar surface area (TPSA) is 20.3 Å². The van der Waals surface area contributed by atoms with Gasteiger partial charge in [-0.05, 0) is 6.92 Å². The lowest BCUT2D eigenvalue weighted by atomic mass is 10.4. The van der Waals surface area contributed by atoms with E-state index in [0.29, 0.717) is 0 Å². The van der Waals surface area contributed by atoms with Gasteiger partial charge in [-0.1, -0.05) is 26.7 Å². The van der Waals surface area contributed by atoms with Crippen LogP contribution in [0.2, 0.25) is 0 Å². The van der Waals surface area contributed by atoms with Crippen LogP contribution in [0.4, 0.5) is 0 Å². The smallest absolute Gasteiger partial charge is 0.209 e. The van der Waals surface area contributed by atoms with E-state index in [1.54, 1.807) is 11.9 Å². The normalized spacial score (nSPS) is 7.60. The number of unbranched alkanes of at least 4 members (excludes halogenated alkanes) is 1. The maximum absolute atomic E-state index is 9.66. The Morgan fingerprint density at radius 1 is 1.20 bits per heavy atom. The maximum atomic E-state index is 9.66. The molecule has 10 heavy (non-hydrogen) atoms. The van der Waals surface area contributed by atoms with E-state index in [9.17, 15) is 4.79 Å². The summed E-state index contributed by atoms with van der Waals surface area (Å²) in [4.78, 5) is 11.2. The third-order valence-corrected chi connectivity index (χ3v) is 1.18. The number of rotatable bonds is 3. The Hall–Kier alpha value is -0.530. The number of amides is 1. The summed E-state index contributed by atoms with van der Waals surface area (Å²) in [5.74, 6) is 0. The molecule has 0 aliphatic heterocycles. The van der Waals surface area contributed by atoms with E-state index in [4.69, 9.17) is 0 Å². The van der Waals surface area contributed by atoms with Crippen molar-refractivity contribution in [2.45, 2.75) is 33.6 Å². The summed E-state index contributed by atoms with van der Waals surface area (Å²) in [5.41, 5.74) is 0. The van der Waals surface area contributed by atoms with E-state index < -0.39 is 0 Å². The standard InChI is InChI=1S/C4H9NO.C4H10/c1-3-5(2)4-6;1-3-4-2/h4H,3H2,1-2H3;3-4H2,1-2H3. The summed E-state index contributed by atoms with van der Waals surface area (Å²) in [7, 11) is 1.74. The fourth-order valence-corrected chi connectivity index (χ4v) is 0.0745. The van der Waals surface area contributed by atoms with Gasteiger partial charge in [-0.25, -0.2) is 0 Å². The third-order valence-electron chi connectivity index (χ3n) is 1.18. The SMILES string of the molecule is CCCC.CCN(C)C=O. The summed E-state index contributed by atoms with van der Waals surface area (Å²) in [6, 6.07) is 0. The Morgan fingerprint density at radius 2 is 1.60 bits per heavy atom. The number of hydrogen-bond acceptors (Lipinski definition) is 1. The molecule has 0 atom stereocenters. The van der Waals surface area contributed by atoms with Gasteiger partial charge < -0.3 is 4.90 Å². The van der Waals surface area contributed by atoms with Crippen molar-refractivity contribution in [2.75, 3.05) is 13.6 Å². The highest BCUT2D eigenvalue weighted by Crippen LogP contribution is 1.76. The molecule has 0 aliphatic carbocycles. The van der Waals surface area contributed by atoms with Crippen LogP contribution in [0.3, 0.4) is 0 Å². The van der Waals surface area contributed by atoms with E-state index in [-0.39, 0.29) is 0 Å². The second-order valence-corrected chi connectivity index (χ2v) is 2.18. The summed E-state index contributed by atoms with van der Waals surface area (Å²) < 4.78 is 0. The minimum absolute atomic E-state index is 0.795. The third kappa shape index (κ3) is 15.6. The van der Waals surface area contributed by atoms with Gasteiger partial charge in [-0.3, -0.25) is 4.79 Å². The van der Waals surface area contributed by atoms with E-state index in [1.807, 2.05) is 6.92 Å². The molecule has 0 heterocycles. The highest BCUT2D eigenvalue weighted by atomic mass is 16.1. The number of carbonyl (C=O) groups is 1. The molecule has 0 fully saturated rings. The lowest BCUT2D eigenvalue weighted by Gasteiger charge is -2.01. The summed E-state index contributed by atoms with van der Waals surface area (Å²) >= 11 is 0. The molecule has 62 valence electrons. The monoisotopic (exact) mass is 145 g/mol. The fourth-order valence-electron chi connectivity index (χ4n) is 0.0745. The highest BCUT2D eigenvalue weighted by Gasteiger charge is 1.79. The van der Waals surface area contributed by atoms with Crippen molar-refractivity contribution in [2.24, 2.45) is 0 Å². The molecule has 0 saturated carbocycles. The maximum Gasteiger partial charge on any atom is 0.209 e. The van der Waals surface area contributed by atoms with Gasteiger partial charge >= 0.3 is 0 Å². The van der Waals surface area contributed by atoms with Crippen molar-refractivity contribution >= 4 is 6.41 Å². The Kier molecular flexibility index (Phi) is 13.7. The predicted octanol–water partition coefficient (Wildman–Crippen LogP) is 1.90. The molecule has 0 radical (unpaired) electrons. The van der Waals surface area contributed by atoms with Crippen LogP contribution in [0.15, 0.2) is 0 Å². The Labute approximate surface area is 64.2 Å². The molecule has 0 unspecified atom stereocenters. The minimum atomic E-state index is 0.795. The summed E-state index contributed by atoms with van der Waals surface area (Å²) in [6.45, 7) is 7.08. The molecule has 0 aromatic heterocycles. The molecular weight excluding hydrogens is 126 g/mol. The van der Waals surface area contributed by atoms with Crippen molar-refractivity contribution in [3.8, 4) is 0 Å². The molecule has 0 N–H and O–H groups in total. The Morgan fingerprint density at radius 3 is 1.60 bits per heavy atom. The van der Waals surface area contributed by atoms with Crippen LogP contribution >= 0.6 is 0 Å². The van der Waals surface area contributed by atoms with Crippen LogP contribution in [0.5, 0.6) is 0 Å². The highest BCUT2D eigenvalue weighted by molar-refractivity contribution is 5.45. The van der Waals surface area contributed by atoms with Gasteiger partial charge in [0.25, 0.3) is 0 Å². The van der Waals surface area contributed by atoms with E-state index >= 15 is 0 Å². The van der Waals surface area contributed by atoms with Gasteiger partial charge in [0.05, 0.1) is 0 Å². The summed E-state index contributed by atoms with van der Waals surface area (Å²) in [5, 5.41) is 0. The second-order valence-electron chi connectivity index (χ2n) is 2.18. The first-order valence-corrected chi connectivity index (χ1v) is 3.88. The van der Waals surface area contributed by atoms with Gasteiger partial charge in [0.2, 0.25) is 6.41 Å². The molecule has 0 saturated heterocycles. The number of hydrogen-bond donors (Lipinski definition) is 0. The molecule has 0 aromatic carbocycles. The van der Waals surface area contributed by atoms with Crippen molar-refractivity contribution < 1.29 is 4.79 Å². The molecule has 0 aromatic rings. The van der Waals surface area contributed by atoms with E-state index in [1.165, 1.54) is 12.8 Å². The molecular formula is C8H19NO. The van der Waals surface area contributed by atoms with Crippen LogP contribution in [0.25, 0.3) is 0 Å². The van der Waals surface area contributed by atoms with Crippen molar-refractivity contribution in [3.05, 3.63) is 0 Å². The van der Waals surface area contributed by atoms with E-state index in [2.05, 4.69) is 13.8 Å². The molecule has 0 aliphatic rings. The number of carbonyl (C=O) groups excluding carboxylic acids is 1. The quantitative estimate of drug-likeness (QED) is 0.555. The zero-order valence-corrected chi connectivity index (χ0v) is 7.55. The first-order valence-electron chi connectivity index (χ1n) is 3.88. The van der Waals surface area contributed by atoms with Gasteiger partial charge in [-0.2, -0.15) is 0 Å². The van der Waals surface area contributed by atoms with Gasteiger partial charge in [-0.15, -0.1) is 0 Å². The lowest BCUT2D eigenvalue weighted by molar-refractivity contribution is -0.116. The average molecular weight is 145 g/mol. The van der Waals surface area contributed by atoms with Gasteiger partial charge in [0.1, 0.15) is 0 Å². The van der Waals surface area contributed by atoms with Crippen LogP contribution in [0, 0.1) is 0 Å². The van der Waals surface area contributed by atoms with E-state index in [0.717, 1.165) is 13.0 Å². The van der Waals surface area contributed by atoms with Crippen molar-refractivity contribution in [1.82, 2.24) is 4.90 Å².